The van der Waals surface area contributed by atoms with Crippen LogP contribution in [0.25, 0.3) is 0 Å². The predicted molar refractivity (Wildman–Crippen MR) is 144 cm³/mol. The van der Waals surface area contributed by atoms with Gasteiger partial charge in [-0.05, 0) is 49.4 Å². The number of fused-ring (bicyclic) bond motifs is 1. The van der Waals surface area contributed by atoms with Gasteiger partial charge in [0.25, 0.3) is 0 Å². The zero-order valence-corrected chi connectivity index (χ0v) is 21.7. The van der Waals surface area contributed by atoms with Gasteiger partial charge < -0.3 is 14.4 Å². The van der Waals surface area contributed by atoms with Gasteiger partial charge in [0, 0.05) is 38.3 Å². The van der Waals surface area contributed by atoms with Crippen LogP contribution in [0.3, 0.4) is 0 Å². The first-order chi connectivity index (χ1) is 18.1. The molecule has 0 spiro atoms. The Bertz CT molecular complexity index is 1140. The molecule has 0 saturated carbocycles. The molecule has 0 unspecified atom stereocenters. The molecule has 1 aliphatic rings. The van der Waals surface area contributed by atoms with Gasteiger partial charge in [-0.1, -0.05) is 60.7 Å². The number of halogens is 1. The van der Waals surface area contributed by atoms with Crippen LogP contribution < -0.4 is 9.47 Å². The quantitative estimate of drug-likeness (QED) is 0.422. The SMILES string of the molecule is CCOc1cccc2c1OCCCCCN(C(=O)Cc1ccccc1F)CCN(Cc1ccccc1)C2. The van der Waals surface area contributed by atoms with Crippen LogP contribution in [0.15, 0.2) is 72.8 Å². The number of amides is 1. The third-order valence-electron chi connectivity index (χ3n) is 6.66. The minimum Gasteiger partial charge on any atom is -0.490 e. The fraction of sp³-hybridized carbons (Fsp3) is 0.387. The molecule has 196 valence electrons. The maximum Gasteiger partial charge on any atom is 0.227 e. The molecule has 6 heteroatoms. The first kappa shape index (κ1) is 26.7. The van der Waals surface area contributed by atoms with Crippen LogP contribution in [0.2, 0.25) is 0 Å². The number of carbonyl (C=O) groups is 1. The van der Waals surface area contributed by atoms with Gasteiger partial charge in [-0.3, -0.25) is 9.69 Å². The molecule has 0 N–H and O–H groups in total. The number of hydrogen-bond acceptors (Lipinski definition) is 4. The number of hydrogen-bond donors (Lipinski definition) is 0. The van der Waals surface area contributed by atoms with E-state index < -0.39 is 0 Å². The molecule has 0 saturated heterocycles. The lowest BCUT2D eigenvalue weighted by atomic mass is 10.1. The Balaban J connectivity index is 1.57. The number of para-hydroxylation sites is 1. The molecule has 0 bridgehead atoms. The van der Waals surface area contributed by atoms with Crippen LogP contribution in [0.4, 0.5) is 4.39 Å². The summed E-state index contributed by atoms with van der Waals surface area (Å²) in [5.41, 5.74) is 2.73. The highest BCUT2D eigenvalue weighted by molar-refractivity contribution is 5.78. The van der Waals surface area contributed by atoms with Crippen molar-refractivity contribution in [3.63, 3.8) is 0 Å². The van der Waals surface area contributed by atoms with Crippen LogP contribution in [0.1, 0.15) is 42.9 Å². The number of nitrogens with zero attached hydrogens (tertiary/aromatic N) is 2. The Hall–Kier alpha value is -3.38. The van der Waals surface area contributed by atoms with Crippen molar-refractivity contribution in [2.45, 2.75) is 45.7 Å². The summed E-state index contributed by atoms with van der Waals surface area (Å²) in [6.07, 6.45) is 2.80. The van der Waals surface area contributed by atoms with Crippen LogP contribution in [-0.4, -0.2) is 48.6 Å². The Kier molecular flexibility index (Phi) is 9.95. The number of rotatable bonds is 6. The molecular weight excluding hydrogens is 467 g/mol. The predicted octanol–water partition coefficient (Wildman–Crippen LogP) is 5.86. The van der Waals surface area contributed by atoms with Crippen molar-refractivity contribution in [1.82, 2.24) is 9.80 Å². The normalized spacial score (nSPS) is 15.5. The van der Waals surface area contributed by atoms with Gasteiger partial charge in [0.1, 0.15) is 5.82 Å². The van der Waals surface area contributed by atoms with E-state index in [0.717, 1.165) is 42.9 Å². The monoisotopic (exact) mass is 504 g/mol. The molecule has 1 heterocycles. The topological polar surface area (TPSA) is 42.0 Å². The summed E-state index contributed by atoms with van der Waals surface area (Å²) in [7, 11) is 0. The van der Waals surface area contributed by atoms with Crippen LogP contribution in [0, 0.1) is 5.82 Å². The highest BCUT2D eigenvalue weighted by atomic mass is 19.1. The number of ether oxygens (including phenoxy) is 2. The average molecular weight is 505 g/mol. The summed E-state index contributed by atoms with van der Waals surface area (Å²) < 4.78 is 26.4. The van der Waals surface area contributed by atoms with Gasteiger partial charge in [0.05, 0.1) is 19.6 Å². The standard InChI is InChI=1S/C31H37FN2O3/c1-2-36-29-17-11-15-27-24-33(23-25-12-5-3-6-13-25)19-20-34(18-9-4-10-21-37-31(27)29)30(35)22-26-14-7-8-16-28(26)32/h3,5-8,11-17H,2,4,9-10,18-24H2,1H3. The van der Waals surface area contributed by atoms with Crippen molar-refractivity contribution in [1.29, 1.82) is 0 Å². The van der Waals surface area contributed by atoms with E-state index in [4.69, 9.17) is 9.47 Å². The second-order valence-corrected chi connectivity index (χ2v) is 9.43. The fourth-order valence-corrected chi connectivity index (χ4v) is 4.71. The van der Waals surface area contributed by atoms with E-state index >= 15 is 0 Å². The second-order valence-electron chi connectivity index (χ2n) is 9.43. The molecule has 37 heavy (non-hydrogen) atoms. The highest BCUT2D eigenvalue weighted by Crippen LogP contribution is 2.33. The summed E-state index contributed by atoms with van der Waals surface area (Å²) in [5.74, 6) is 1.23. The molecule has 0 atom stereocenters. The van der Waals surface area contributed by atoms with Crippen molar-refractivity contribution < 1.29 is 18.7 Å². The Labute approximate surface area is 219 Å². The average Bonchev–Trinajstić information content (AvgIpc) is 2.92. The van der Waals surface area contributed by atoms with Gasteiger partial charge in [-0.15, -0.1) is 0 Å². The van der Waals surface area contributed by atoms with Gasteiger partial charge in [0.15, 0.2) is 11.5 Å². The van der Waals surface area contributed by atoms with E-state index in [-0.39, 0.29) is 18.1 Å². The van der Waals surface area contributed by atoms with Crippen molar-refractivity contribution in [2.24, 2.45) is 0 Å². The summed E-state index contributed by atoms with van der Waals surface area (Å²) in [5, 5.41) is 0. The highest BCUT2D eigenvalue weighted by Gasteiger charge is 2.20. The Morgan fingerprint density at radius 2 is 1.73 bits per heavy atom. The van der Waals surface area contributed by atoms with Crippen LogP contribution in [-0.2, 0) is 24.3 Å². The van der Waals surface area contributed by atoms with Crippen molar-refractivity contribution in [3.05, 3.63) is 95.3 Å². The van der Waals surface area contributed by atoms with Crippen LogP contribution in [0.5, 0.6) is 11.5 Å². The fourth-order valence-electron chi connectivity index (χ4n) is 4.71. The maximum absolute atomic E-state index is 14.3. The van der Waals surface area contributed by atoms with Gasteiger partial charge in [0.2, 0.25) is 5.91 Å². The lowest BCUT2D eigenvalue weighted by Crippen LogP contribution is -2.39. The minimum atomic E-state index is -0.328. The van der Waals surface area contributed by atoms with E-state index in [1.165, 1.54) is 11.6 Å². The van der Waals surface area contributed by atoms with E-state index in [9.17, 15) is 9.18 Å². The Morgan fingerprint density at radius 3 is 2.54 bits per heavy atom. The first-order valence-electron chi connectivity index (χ1n) is 13.3. The summed E-state index contributed by atoms with van der Waals surface area (Å²) >= 11 is 0. The maximum atomic E-state index is 14.3. The Morgan fingerprint density at radius 1 is 0.919 bits per heavy atom. The molecule has 0 radical (unpaired) electrons. The molecule has 0 aliphatic carbocycles. The molecular formula is C31H37FN2O3. The molecule has 5 nitrogen and oxygen atoms in total. The second kappa shape index (κ2) is 13.8. The molecule has 0 aromatic heterocycles. The number of benzene rings is 3. The molecule has 0 fully saturated rings. The van der Waals surface area contributed by atoms with Crippen molar-refractivity contribution in [3.8, 4) is 11.5 Å². The third kappa shape index (κ3) is 7.80. The van der Waals surface area contributed by atoms with Crippen molar-refractivity contribution >= 4 is 5.91 Å². The minimum absolute atomic E-state index is 0.0325. The summed E-state index contributed by atoms with van der Waals surface area (Å²) in [6, 6.07) is 23.0. The lowest BCUT2D eigenvalue weighted by molar-refractivity contribution is -0.130. The summed E-state index contributed by atoms with van der Waals surface area (Å²) in [4.78, 5) is 17.5. The number of carbonyl (C=O) groups excluding carboxylic acids is 1. The smallest absolute Gasteiger partial charge is 0.227 e. The molecule has 3 aromatic rings. The zero-order valence-electron chi connectivity index (χ0n) is 21.7. The first-order valence-corrected chi connectivity index (χ1v) is 13.3. The van der Waals surface area contributed by atoms with E-state index in [2.05, 4.69) is 23.1 Å². The summed E-state index contributed by atoms with van der Waals surface area (Å²) in [6.45, 7) is 6.50. The van der Waals surface area contributed by atoms with Gasteiger partial charge in [-0.25, -0.2) is 4.39 Å². The van der Waals surface area contributed by atoms with Gasteiger partial charge >= 0.3 is 0 Å². The third-order valence-corrected chi connectivity index (χ3v) is 6.66. The molecule has 1 amide bonds. The largest absolute Gasteiger partial charge is 0.490 e. The van der Waals surface area contributed by atoms with E-state index in [1.54, 1.807) is 18.2 Å². The lowest BCUT2D eigenvalue weighted by Gasteiger charge is -2.29. The van der Waals surface area contributed by atoms with E-state index in [1.807, 2.05) is 42.2 Å². The molecule has 3 aromatic carbocycles. The van der Waals surface area contributed by atoms with Crippen LogP contribution >= 0.6 is 0 Å². The molecule has 1 aliphatic heterocycles. The van der Waals surface area contributed by atoms with Gasteiger partial charge in [-0.2, -0.15) is 0 Å². The van der Waals surface area contributed by atoms with E-state index in [0.29, 0.717) is 45.0 Å². The van der Waals surface area contributed by atoms with Crippen molar-refractivity contribution in [2.75, 3.05) is 32.8 Å². The molecule has 4 rings (SSSR count). The zero-order chi connectivity index (χ0) is 25.9.